The van der Waals surface area contributed by atoms with Gasteiger partial charge < -0.3 is 10.1 Å². The molecule has 6 heteroatoms. The summed E-state index contributed by atoms with van der Waals surface area (Å²) >= 11 is 3.24. The predicted molar refractivity (Wildman–Crippen MR) is 66.8 cm³/mol. The second kappa shape index (κ2) is 6.44. The van der Waals surface area contributed by atoms with Crippen molar-refractivity contribution in [2.24, 2.45) is 0 Å². The average Bonchev–Trinajstić information content (AvgIpc) is 2.28. The molecule has 0 saturated carbocycles. The first-order valence-electron chi connectivity index (χ1n) is 4.80. The van der Waals surface area contributed by atoms with E-state index in [4.69, 9.17) is 4.74 Å². The number of nitrogens with zero attached hydrogens (tertiary/aromatic N) is 2. The molecule has 0 spiro atoms. The fourth-order valence-corrected chi connectivity index (χ4v) is 1.58. The number of aromatic nitrogens is 2. The van der Waals surface area contributed by atoms with Gasteiger partial charge in [-0.05, 0) is 15.9 Å². The van der Waals surface area contributed by atoms with Crippen molar-refractivity contribution in [2.45, 2.75) is 6.54 Å². The molecule has 0 aliphatic rings. The summed E-state index contributed by atoms with van der Waals surface area (Å²) in [7, 11) is 1.62. The zero-order valence-corrected chi connectivity index (χ0v) is 10.7. The Labute approximate surface area is 102 Å². The third kappa shape index (κ3) is 3.18. The van der Waals surface area contributed by atoms with Gasteiger partial charge >= 0.3 is 0 Å². The number of hydrogen-bond donors (Lipinski definition) is 1. The van der Waals surface area contributed by atoms with Crippen molar-refractivity contribution in [3.05, 3.63) is 33.7 Å². The van der Waals surface area contributed by atoms with Gasteiger partial charge in [-0.1, -0.05) is 6.08 Å². The van der Waals surface area contributed by atoms with Gasteiger partial charge in [-0.25, -0.2) is 4.68 Å². The van der Waals surface area contributed by atoms with Gasteiger partial charge in [0.05, 0.1) is 25.0 Å². The van der Waals surface area contributed by atoms with Crippen LogP contribution in [-0.4, -0.2) is 30.0 Å². The van der Waals surface area contributed by atoms with Crippen LogP contribution < -0.4 is 10.9 Å². The SMILES string of the molecule is C=CCn1ncc(NCCOC)c(Br)c1=O. The summed E-state index contributed by atoms with van der Waals surface area (Å²) in [5, 5.41) is 7.06. The van der Waals surface area contributed by atoms with Crippen molar-refractivity contribution in [3.63, 3.8) is 0 Å². The maximum absolute atomic E-state index is 11.7. The van der Waals surface area contributed by atoms with Crippen LogP contribution in [0, 0.1) is 0 Å². The molecule has 0 fully saturated rings. The lowest BCUT2D eigenvalue weighted by molar-refractivity contribution is 0.210. The molecule has 5 nitrogen and oxygen atoms in total. The van der Waals surface area contributed by atoms with Gasteiger partial charge in [-0.3, -0.25) is 4.79 Å². The Balaban J connectivity index is 2.85. The zero-order chi connectivity index (χ0) is 12.0. The smallest absolute Gasteiger partial charge is 0.283 e. The summed E-state index contributed by atoms with van der Waals surface area (Å²) in [6.07, 6.45) is 3.23. The molecule has 0 radical (unpaired) electrons. The Hall–Kier alpha value is -1.14. The summed E-state index contributed by atoms with van der Waals surface area (Å²) in [6, 6.07) is 0. The maximum atomic E-state index is 11.7. The first kappa shape index (κ1) is 12.9. The standard InChI is InChI=1S/C10H14BrN3O2/c1-3-5-14-10(15)9(11)8(7-13-14)12-4-6-16-2/h3,7,12H,1,4-6H2,2H3. The van der Waals surface area contributed by atoms with Crippen molar-refractivity contribution in [2.75, 3.05) is 25.6 Å². The van der Waals surface area contributed by atoms with E-state index < -0.39 is 0 Å². The lowest BCUT2D eigenvalue weighted by atomic mass is 10.4. The highest BCUT2D eigenvalue weighted by molar-refractivity contribution is 9.10. The molecule has 0 aliphatic heterocycles. The molecular formula is C10H14BrN3O2. The molecule has 0 atom stereocenters. The van der Waals surface area contributed by atoms with Crippen LogP contribution in [0.15, 0.2) is 28.1 Å². The van der Waals surface area contributed by atoms with Crippen LogP contribution in [0.2, 0.25) is 0 Å². The second-order valence-electron chi connectivity index (χ2n) is 3.07. The van der Waals surface area contributed by atoms with E-state index in [0.29, 0.717) is 29.9 Å². The van der Waals surface area contributed by atoms with Crippen LogP contribution in [0.1, 0.15) is 0 Å². The molecule has 1 N–H and O–H groups in total. The predicted octanol–water partition coefficient (Wildman–Crippen LogP) is 1.25. The van der Waals surface area contributed by atoms with E-state index >= 15 is 0 Å². The highest BCUT2D eigenvalue weighted by atomic mass is 79.9. The normalized spacial score (nSPS) is 10.1. The summed E-state index contributed by atoms with van der Waals surface area (Å²) in [4.78, 5) is 11.7. The molecule has 0 aromatic carbocycles. The lowest BCUT2D eigenvalue weighted by Gasteiger charge is -2.08. The van der Waals surface area contributed by atoms with Gasteiger partial charge in [0.25, 0.3) is 5.56 Å². The van der Waals surface area contributed by atoms with Crippen molar-refractivity contribution >= 4 is 21.6 Å². The largest absolute Gasteiger partial charge is 0.383 e. The van der Waals surface area contributed by atoms with Crippen molar-refractivity contribution in [1.29, 1.82) is 0 Å². The second-order valence-corrected chi connectivity index (χ2v) is 3.86. The van der Waals surface area contributed by atoms with Gasteiger partial charge in [0.15, 0.2) is 0 Å². The van der Waals surface area contributed by atoms with E-state index in [1.165, 1.54) is 4.68 Å². The Kier molecular flexibility index (Phi) is 5.21. The van der Waals surface area contributed by atoms with Crippen molar-refractivity contribution in [1.82, 2.24) is 9.78 Å². The summed E-state index contributed by atoms with van der Waals surface area (Å²) in [6.45, 7) is 5.16. The van der Waals surface area contributed by atoms with Crippen LogP contribution in [0.4, 0.5) is 5.69 Å². The maximum Gasteiger partial charge on any atom is 0.283 e. The van der Waals surface area contributed by atoms with Crippen LogP contribution in [0.25, 0.3) is 0 Å². The number of allylic oxidation sites excluding steroid dienone is 1. The molecule has 16 heavy (non-hydrogen) atoms. The van der Waals surface area contributed by atoms with Crippen LogP contribution in [0.5, 0.6) is 0 Å². The number of anilines is 1. The van der Waals surface area contributed by atoms with E-state index in [-0.39, 0.29) is 5.56 Å². The molecule has 1 aromatic rings. The Morgan fingerprint density at radius 3 is 3.12 bits per heavy atom. The number of methoxy groups -OCH3 is 1. The minimum atomic E-state index is -0.178. The van der Waals surface area contributed by atoms with Gasteiger partial charge in [0.1, 0.15) is 4.47 Å². The zero-order valence-electron chi connectivity index (χ0n) is 9.07. The third-order valence-corrected chi connectivity index (χ3v) is 2.67. The van der Waals surface area contributed by atoms with Crippen LogP contribution in [0.3, 0.4) is 0 Å². The van der Waals surface area contributed by atoms with Gasteiger partial charge in [0.2, 0.25) is 0 Å². The highest BCUT2D eigenvalue weighted by Gasteiger charge is 2.07. The Bertz CT molecular complexity index is 417. The molecular weight excluding hydrogens is 274 g/mol. The topological polar surface area (TPSA) is 56.1 Å². The van der Waals surface area contributed by atoms with Gasteiger partial charge in [-0.2, -0.15) is 5.10 Å². The molecule has 0 aliphatic carbocycles. The first-order valence-corrected chi connectivity index (χ1v) is 5.59. The summed E-state index contributed by atoms with van der Waals surface area (Å²) in [5.74, 6) is 0. The van der Waals surface area contributed by atoms with Crippen molar-refractivity contribution in [3.8, 4) is 0 Å². The minimum absolute atomic E-state index is 0.178. The summed E-state index contributed by atoms with van der Waals surface area (Å²) < 4.78 is 6.71. The molecule has 0 bridgehead atoms. The molecule has 1 rings (SSSR count). The molecule has 0 saturated heterocycles. The number of halogens is 1. The molecule has 0 unspecified atom stereocenters. The van der Waals surface area contributed by atoms with Crippen LogP contribution >= 0.6 is 15.9 Å². The van der Waals surface area contributed by atoms with E-state index in [0.717, 1.165) is 0 Å². The van der Waals surface area contributed by atoms with Gasteiger partial charge in [-0.15, -0.1) is 6.58 Å². The monoisotopic (exact) mass is 287 g/mol. The first-order chi connectivity index (χ1) is 7.70. The quantitative estimate of drug-likeness (QED) is 0.632. The molecule has 88 valence electrons. The Morgan fingerprint density at radius 2 is 2.50 bits per heavy atom. The molecule has 1 heterocycles. The number of ether oxygens (including phenoxy) is 1. The number of hydrogen-bond acceptors (Lipinski definition) is 4. The third-order valence-electron chi connectivity index (χ3n) is 1.91. The van der Waals surface area contributed by atoms with E-state index in [2.05, 4.69) is 32.9 Å². The Morgan fingerprint density at radius 1 is 1.75 bits per heavy atom. The number of nitrogens with one attached hydrogen (secondary N) is 1. The average molecular weight is 288 g/mol. The van der Waals surface area contributed by atoms with Crippen LogP contribution in [-0.2, 0) is 11.3 Å². The molecule has 1 aromatic heterocycles. The lowest BCUT2D eigenvalue weighted by Crippen LogP contribution is -2.24. The van der Waals surface area contributed by atoms with E-state index in [9.17, 15) is 4.79 Å². The van der Waals surface area contributed by atoms with Crippen molar-refractivity contribution < 1.29 is 4.74 Å². The van der Waals surface area contributed by atoms with E-state index in [1.54, 1.807) is 19.4 Å². The number of rotatable bonds is 6. The minimum Gasteiger partial charge on any atom is -0.383 e. The van der Waals surface area contributed by atoms with Gasteiger partial charge in [0, 0.05) is 13.7 Å². The fourth-order valence-electron chi connectivity index (χ4n) is 1.13. The fraction of sp³-hybridized carbons (Fsp3) is 0.400. The summed E-state index contributed by atoms with van der Waals surface area (Å²) in [5.41, 5.74) is 0.490. The van der Waals surface area contributed by atoms with E-state index in [1.807, 2.05) is 0 Å². The highest BCUT2D eigenvalue weighted by Crippen LogP contribution is 2.15. The molecule has 0 amide bonds.